The van der Waals surface area contributed by atoms with E-state index in [2.05, 4.69) is 27.6 Å². The van der Waals surface area contributed by atoms with Gasteiger partial charge in [0.25, 0.3) is 0 Å². The molecule has 5 nitrogen and oxygen atoms in total. The highest BCUT2D eigenvalue weighted by atomic mass is 32.2. The predicted molar refractivity (Wildman–Crippen MR) is 162 cm³/mol. The summed E-state index contributed by atoms with van der Waals surface area (Å²) >= 11 is 1.93. The van der Waals surface area contributed by atoms with Crippen molar-refractivity contribution in [2.45, 2.75) is 129 Å². The van der Waals surface area contributed by atoms with Crippen LogP contribution in [0.15, 0.2) is 0 Å². The molecule has 0 saturated heterocycles. The van der Waals surface area contributed by atoms with E-state index < -0.39 is 0 Å². The maximum Gasteiger partial charge on any atom is 0.00786 e. The molecule has 6 N–H and O–H groups in total. The first-order valence-corrected chi connectivity index (χ1v) is 16.6. The minimum absolute atomic E-state index is 0.789. The molecule has 6 heteroatoms. The predicted octanol–water partition coefficient (Wildman–Crippen LogP) is 6.38. The lowest BCUT2D eigenvalue weighted by Gasteiger charge is -2.08. The summed E-state index contributed by atoms with van der Waals surface area (Å²) in [6.07, 6.45) is 26.2. The summed E-state index contributed by atoms with van der Waals surface area (Å²) in [7, 11) is 0. The molecule has 0 atom stereocenters. The third kappa shape index (κ3) is 34.1. The number of unbranched alkanes of at least 4 members (excludes halogenated alkanes) is 14. The van der Waals surface area contributed by atoms with Crippen LogP contribution in [-0.4, -0.2) is 58.1 Å². The highest BCUT2D eigenvalue weighted by Gasteiger charge is 1.96. The van der Waals surface area contributed by atoms with E-state index in [4.69, 9.17) is 5.73 Å². The van der Waals surface area contributed by atoms with Crippen LogP contribution >= 0.6 is 11.9 Å². The monoisotopic (exact) mass is 515 g/mol. The molecule has 0 aromatic heterocycles. The lowest BCUT2D eigenvalue weighted by atomic mass is 10.0. The van der Waals surface area contributed by atoms with Crippen LogP contribution < -0.4 is 26.4 Å². The normalized spacial score (nSPS) is 11.5. The summed E-state index contributed by atoms with van der Waals surface area (Å²) in [4.78, 5) is 0. The average molecular weight is 516 g/mol. The molecule has 0 radical (unpaired) electrons. The van der Waals surface area contributed by atoms with Crippen LogP contribution in [0.25, 0.3) is 0 Å². The minimum atomic E-state index is 0.789. The second-order valence-corrected chi connectivity index (χ2v) is 11.1. The quantitative estimate of drug-likeness (QED) is 0.0528. The van der Waals surface area contributed by atoms with Gasteiger partial charge in [-0.1, -0.05) is 102 Å². The molecule has 0 saturated carbocycles. The number of nitrogens with two attached hydrogens (primary N) is 1. The van der Waals surface area contributed by atoms with Crippen molar-refractivity contribution in [2.24, 2.45) is 5.73 Å². The Hall–Kier alpha value is 0.150. The smallest absolute Gasteiger partial charge is 0.00786 e. The first-order valence-electron chi connectivity index (χ1n) is 15.6. The lowest BCUT2D eigenvalue weighted by Crippen LogP contribution is -2.25. The minimum Gasteiger partial charge on any atom is -0.330 e. The van der Waals surface area contributed by atoms with Gasteiger partial charge in [0.15, 0.2) is 0 Å². The molecule has 0 heterocycles. The third-order valence-corrected chi connectivity index (χ3v) is 7.46. The maximum absolute atomic E-state index is 5.48. The Bertz CT molecular complexity index is 328. The fourth-order valence-corrected chi connectivity index (χ4v) is 5.02. The van der Waals surface area contributed by atoms with Crippen molar-refractivity contribution >= 4 is 11.9 Å². The molecule has 0 rings (SSSR count). The van der Waals surface area contributed by atoms with Crippen molar-refractivity contribution < 1.29 is 0 Å². The first-order chi connectivity index (χ1) is 17.4. The molecular weight excluding hydrogens is 450 g/mol. The Labute approximate surface area is 225 Å². The molecule has 0 aliphatic heterocycles. The van der Waals surface area contributed by atoms with Crippen molar-refractivity contribution in [1.29, 1.82) is 0 Å². The second kappa shape index (κ2) is 34.1. The molecular formula is C29H65N5S. The van der Waals surface area contributed by atoms with Gasteiger partial charge < -0.3 is 21.7 Å². The van der Waals surface area contributed by atoms with E-state index in [0.717, 1.165) is 58.8 Å². The number of hydrogen-bond donors (Lipinski definition) is 5. The fourth-order valence-electron chi connectivity index (χ4n) is 4.24. The summed E-state index contributed by atoms with van der Waals surface area (Å²) in [5.41, 5.74) is 5.48. The Morgan fingerprint density at radius 1 is 0.429 bits per heavy atom. The van der Waals surface area contributed by atoms with Gasteiger partial charge in [0.2, 0.25) is 0 Å². The molecule has 212 valence electrons. The van der Waals surface area contributed by atoms with E-state index in [1.54, 1.807) is 0 Å². The topological polar surface area (TPSA) is 74.1 Å². The Morgan fingerprint density at radius 3 is 1.31 bits per heavy atom. The third-order valence-electron chi connectivity index (χ3n) is 6.56. The molecule has 0 fully saturated rings. The largest absolute Gasteiger partial charge is 0.330 e. The summed E-state index contributed by atoms with van der Waals surface area (Å²) < 4.78 is 3.53. The Kier molecular flexibility index (Phi) is 34.3. The van der Waals surface area contributed by atoms with E-state index >= 15 is 0 Å². The maximum atomic E-state index is 5.48. The zero-order valence-corrected chi connectivity index (χ0v) is 24.6. The SMILES string of the molecule is CCCCCCCCCCCCCCCCSNCCCNCCCNCCCCNCCCN. The van der Waals surface area contributed by atoms with Gasteiger partial charge in [-0.15, -0.1) is 0 Å². The van der Waals surface area contributed by atoms with Crippen molar-refractivity contribution in [3.05, 3.63) is 0 Å². The Balaban J connectivity index is 3.00. The molecule has 0 aliphatic carbocycles. The number of nitrogens with one attached hydrogen (secondary N) is 4. The van der Waals surface area contributed by atoms with E-state index in [1.165, 1.54) is 121 Å². The Morgan fingerprint density at radius 2 is 0.829 bits per heavy atom. The molecule has 0 aromatic carbocycles. The van der Waals surface area contributed by atoms with Crippen molar-refractivity contribution in [3.63, 3.8) is 0 Å². The van der Waals surface area contributed by atoms with Gasteiger partial charge in [0.1, 0.15) is 0 Å². The molecule has 0 aromatic rings. The first kappa shape index (κ1) is 35.2. The van der Waals surface area contributed by atoms with Gasteiger partial charge in [0.05, 0.1) is 0 Å². The zero-order chi connectivity index (χ0) is 25.3. The van der Waals surface area contributed by atoms with Crippen LogP contribution in [0.4, 0.5) is 0 Å². The van der Waals surface area contributed by atoms with E-state index in [-0.39, 0.29) is 0 Å². The molecule has 0 unspecified atom stereocenters. The van der Waals surface area contributed by atoms with Crippen molar-refractivity contribution in [3.8, 4) is 0 Å². The van der Waals surface area contributed by atoms with Crippen LogP contribution in [-0.2, 0) is 0 Å². The van der Waals surface area contributed by atoms with Crippen LogP contribution in [0.5, 0.6) is 0 Å². The summed E-state index contributed by atoms with van der Waals surface area (Å²) in [6, 6.07) is 0. The number of hydrogen-bond acceptors (Lipinski definition) is 6. The standard InChI is InChI=1S/C29H65N5S/c1-2-3-4-5-6-7-8-9-10-11-12-13-14-17-29-35-34-28-20-27-33-26-19-25-32-23-16-15-22-31-24-18-21-30/h31-34H,2-30H2,1H3. The van der Waals surface area contributed by atoms with E-state index in [0.29, 0.717) is 0 Å². The molecule has 0 aliphatic rings. The van der Waals surface area contributed by atoms with Gasteiger partial charge in [-0.25, -0.2) is 0 Å². The molecule has 0 amide bonds. The van der Waals surface area contributed by atoms with Gasteiger partial charge in [0, 0.05) is 12.3 Å². The van der Waals surface area contributed by atoms with E-state index in [1.807, 2.05) is 11.9 Å². The molecule has 0 bridgehead atoms. The van der Waals surface area contributed by atoms with Gasteiger partial charge in [-0.3, -0.25) is 4.72 Å². The highest BCUT2D eigenvalue weighted by Crippen LogP contribution is 2.13. The molecule has 35 heavy (non-hydrogen) atoms. The van der Waals surface area contributed by atoms with Crippen LogP contribution in [0, 0.1) is 0 Å². The lowest BCUT2D eigenvalue weighted by molar-refractivity contribution is 0.538. The van der Waals surface area contributed by atoms with Crippen LogP contribution in [0.1, 0.15) is 129 Å². The fraction of sp³-hybridized carbons (Fsp3) is 1.00. The number of rotatable bonds is 32. The van der Waals surface area contributed by atoms with E-state index in [9.17, 15) is 0 Å². The summed E-state index contributed by atoms with van der Waals surface area (Å²) in [6.45, 7) is 10.9. The summed E-state index contributed by atoms with van der Waals surface area (Å²) in [5, 5.41) is 10.5. The summed E-state index contributed by atoms with van der Waals surface area (Å²) in [5.74, 6) is 1.26. The van der Waals surface area contributed by atoms with Crippen molar-refractivity contribution in [2.75, 3.05) is 58.1 Å². The van der Waals surface area contributed by atoms with Gasteiger partial charge in [-0.2, -0.15) is 0 Å². The van der Waals surface area contributed by atoms with Crippen molar-refractivity contribution in [1.82, 2.24) is 20.7 Å². The van der Waals surface area contributed by atoms with Gasteiger partial charge in [-0.05, 0) is 84.3 Å². The average Bonchev–Trinajstić information content (AvgIpc) is 2.87. The van der Waals surface area contributed by atoms with Crippen LogP contribution in [0.2, 0.25) is 0 Å². The zero-order valence-electron chi connectivity index (χ0n) is 23.8. The van der Waals surface area contributed by atoms with Gasteiger partial charge >= 0.3 is 0 Å². The highest BCUT2D eigenvalue weighted by molar-refractivity contribution is 7.97. The second-order valence-electron chi connectivity index (χ2n) is 10.1. The molecule has 0 spiro atoms. The van der Waals surface area contributed by atoms with Crippen LogP contribution in [0.3, 0.4) is 0 Å².